The molecule has 0 aromatic heterocycles. The molecule has 4 rings (SSSR count). The average Bonchev–Trinajstić information content (AvgIpc) is 3.20. The minimum Gasteiger partial charge on any atom is -0.459 e. The summed E-state index contributed by atoms with van der Waals surface area (Å²) in [5.41, 5.74) is 2.20. The molecule has 1 saturated heterocycles. The van der Waals surface area contributed by atoms with E-state index in [1.165, 1.54) is 23.9 Å². The molecule has 10 nitrogen and oxygen atoms in total. The second kappa shape index (κ2) is 9.98. The van der Waals surface area contributed by atoms with Gasteiger partial charge in [0.2, 0.25) is 5.91 Å². The quantitative estimate of drug-likeness (QED) is 0.342. The number of allylic oxidation sites excluding steroid dienone is 1. The first kappa shape index (κ1) is 24.0. The lowest BCUT2D eigenvalue weighted by Gasteiger charge is -2.37. The number of non-ortho nitro benzene ring substituents is 1. The fourth-order valence-corrected chi connectivity index (χ4v) is 5.05. The van der Waals surface area contributed by atoms with Gasteiger partial charge in [-0.25, -0.2) is 9.79 Å². The molecule has 0 radical (unpaired) electrons. The minimum absolute atomic E-state index is 0.0311. The number of rotatable bonds is 6. The molecule has 1 aromatic rings. The number of thioether (sulfide) groups is 1. The Morgan fingerprint density at radius 2 is 1.94 bits per heavy atom. The summed E-state index contributed by atoms with van der Waals surface area (Å²) >= 11 is 1.38. The Hall–Kier alpha value is -3.18. The summed E-state index contributed by atoms with van der Waals surface area (Å²) in [7, 11) is 0. The van der Waals surface area contributed by atoms with Gasteiger partial charge >= 0.3 is 5.97 Å². The fourth-order valence-electron chi connectivity index (χ4n) is 4.08. The summed E-state index contributed by atoms with van der Waals surface area (Å²) in [6, 6.07) is 5.45. The lowest BCUT2D eigenvalue weighted by molar-refractivity contribution is -0.384. The molecule has 0 bridgehead atoms. The number of carbonyl (C=O) groups is 2. The van der Waals surface area contributed by atoms with Crippen LogP contribution < -0.4 is 0 Å². The topological polar surface area (TPSA) is 115 Å². The highest BCUT2D eigenvalue weighted by Gasteiger charge is 2.41. The van der Waals surface area contributed by atoms with Crippen LogP contribution in [0.25, 0.3) is 0 Å². The molecule has 1 fully saturated rings. The number of carbonyl (C=O) groups excluding carboxylic acids is 2. The highest BCUT2D eigenvalue weighted by molar-refractivity contribution is 8.16. The molecule has 11 heteroatoms. The van der Waals surface area contributed by atoms with Crippen molar-refractivity contribution in [2.24, 2.45) is 4.99 Å². The van der Waals surface area contributed by atoms with E-state index in [2.05, 4.69) is 4.99 Å². The van der Waals surface area contributed by atoms with Crippen molar-refractivity contribution < 1.29 is 24.0 Å². The van der Waals surface area contributed by atoms with E-state index in [1.807, 2.05) is 10.3 Å². The van der Waals surface area contributed by atoms with Gasteiger partial charge in [-0.15, -0.1) is 0 Å². The van der Waals surface area contributed by atoms with Crippen LogP contribution in [0.5, 0.6) is 0 Å². The van der Waals surface area contributed by atoms with Crippen molar-refractivity contribution in [3.8, 4) is 0 Å². The Bertz CT molecular complexity index is 1090. The van der Waals surface area contributed by atoms with Gasteiger partial charge in [0.25, 0.3) is 5.69 Å². The molecular weight excluding hydrogens is 460 g/mol. The molecule has 0 unspecified atom stereocenters. The van der Waals surface area contributed by atoms with Crippen molar-refractivity contribution in [3.63, 3.8) is 0 Å². The molecule has 1 atom stereocenters. The number of benzene rings is 1. The van der Waals surface area contributed by atoms with E-state index < -0.39 is 16.9 Å². The Morgan fingerprint density at radius 1 is 1.26 bits per heavy atom. The van der Waals surface area contributed by atoms with Crippen LogP contribution in [0.15, 0.2) is 51.6 Å². The number of amides is 1. The molecule has 0 aliphatic carbocycles. The number of morpholine rings is 1. The summed E-state index contributed by atoms with van der Waals surface area (Å²) in [4.78, 5) is 45.1. The number of hydrogen-bond donors (Lipinski definition) is 0. The number of nitro groups is 1. The number of aliphatic imine (C=N–C) groups is 1. The maximum Gasteiger partial charge on any atom is 0.338 e. The largest absolute Gasteiger partial charge is 0.459 e. The van der Waals surface area contributed by atoms with Gasteiger partial charge in [-0.1, -0.05) is 11.8 Å². The van der Waals surface area contributed by atoms with Crippen LogP contribution in [0.2, 0.25) is 0 Å². The third-order valence-corrected chi connectivity index (χ3v) is 6.57. The van der Waals surface area contributed by atoms with Gasteiger partial charge in [0.15, 0.2) is 5.17 Å². The zero-order valence-electron chi connectivity index (χ0n) is 19.2. The molecule has 3 heterocycles. The molecule has 3 aliphatic rings. The Balaban J connectivity index is 1.70. The SMILES string of the molecule is CC1=C(C(=O)OC(C)C)[C@H](c2ccc([N+](=O)[O-])cc2)N2C(CC(=O)N3CCOCC3)=CSC2=N1. The van der Waals surface area contributed by atoms with Gasteiger partial charge < -0.3 is 19.3 Å². The third kappa shape index (κ3) is 4.85. The Morgan fingerprint density at radius 3 is 2.56 bits per heavy atom. The van der Waals surface area contributed by atoms with E-state index in [0.29, 0.717) is 54.0 Å². The molecule has 0 saturated carbocycles. The smallest absolute Gasteiger partial charge is 0.338 e. The second-order valence-corrected chi connectivity index (χ2v) is 9.20. The van der Waals surface area contributed by atoms with Crippen molar-refractivity contribution in [1.82, 2.24) is 9.80 Å². The summed E-state index contributed by atoms with van der Waals surface area (Å²) in [6.45, 7) is 7.38. The van der Waals surface area contributed by atoms with Crippen LogP contribution in [0, 0.1) is 10.1 Å². The lowest BCUT2D eigenvalue weighted by Crippen LogP contribution is -2.42. The fraction of sp³-hybridized carbons (Fsp3) is 0.435. The van der Waals surface area contributed by atoms with Crippen molar-refractivity contribution in [3.05, 3.63) is 62.3 Å². The van der Waals surface area contributed by atoms with Crippen molar-refractivity contribution in [1.29, 1.82) is 0 Å². The Kier molecular flexibility index (Phi) is 7.03. The molecule has 1 amide bonds. The number of amidine groups is 1. The molecule has 34 heavy (non-hydrogen) atoms. The summed E-state index contributed by atoms with van der Waals surface area (Å²) in [5, 5.41) is 13.7. The third-order valence-electron chi connectivity index (χ3n) is 5.68. The zero-order chi connectivity index (χ0) is 24.4. The molecular formula is C23H26N4O6S. The van der Waals surface area contributed by atoms with Crippen LogP contribution in [0.1, 0.15) is 38.8 Å². The van der Waals surface area contributed by atoms with Crippen LogP contribution in [0.3, 0.4) is 0 Å². The second-order valence-electron chi connectivity index (χ2n) is 8.37. The summed E-state index contributed by atoms with van der Waals surface area (Å²) in [5.74, 6) is -0.536. The molecule has 0 spiro atoms. The lowest BCUT2D eigenvalue weighted by atomic mass is 9.93. The number of nitrogens with zero attached hydrogens (tertiary/aromatic N) is 4. The van der Waals surface area contributed by atoms with E-state index in [-0.39, 0.29) is 24.1 Å². The van der Waals surface area contributed by atoms with Gasteiger partial charge in [0.1, 0.15) is 0 Å². The minimum atomic E-state index is -0.627. The van der Waals surface area contributed by atoms with E-state index in [0.717, 1.165) is 0 Å². The van der Waals surface area contributed by atoms with Gasteiger partial charge in [-0.2, -0.15) is 0 Å². The number of nitro benzene ring substituents is 1. The molecule has 0 N–H and O–H groups in total. The van der Waals surface area contributed by atoms with Crippen molar-refractivity contribution >= 4 is 34.5 Å². The van der Waals surface area contributed by atoms with Crippen LogP contribution >= 0.6 is 11.8 Å². The maximum atomic E-state index is 13.1. The highest BCUT2D eigenvalue weighted by atomic mass is 32.2. The predicted octanol–water partition coefficient (Wildman–Crippen LogP) is 3.37. The molecule has 3 aliphatic heterocycles. The normalized spacial score (nSPS) is 20.2. The van der Waals surface area contributed by atoms with Crippen molar-refractivity contribution in [2.45, 2.75) is 39.3 Å². The van der Waals surface area contributed by atoms with Gasteiger partial charge in [0, 0.05) is 30.9 Å². The first-order valence-corrected chi connectivity index (χ1v) is 11.9. The van der Waals surface area contributed by atoms with E-state index in [4.69, 9.17) is 9.47 Å². The van der Waals surface area contributed by atoms with E-state index >= 15 is 0 Å². The predicted molar refractivity (Wildman–Crippen MR) is 127 cm³/mol. The maximum absolute atomic E-state index is 13.1. The summed E-state index contributed by atoms with van der Waals surface area (Å²) in [6.07, 6.45) is -0.192. The van der Waals surface area contributed by atoms with Gasteiger partial charge in [0.05, 0.1) is 48.0 Å². The number of esters is 1. The van der Waals surface area contributed by atoms with Crippen LogP contribution in [0.4, 0.5) is 5.69 Å². The summed E-state index contributed by atoms with van der Waals surface area (Å²) < 4.78 is 10.9. The average molecular weight is 487 g/mol. The molecule has 1 aromatic carbocycles. The van der Waals surface area contributed by atoms with E-state index in [1.54, 1.807) is 37.8 Å². The van der Waals surface area contributed by atoms with E-state index in [9.17, 15) is 19.7 Å². The number of hydrogen-bond acceptors (Lipinski definition) is 9. The Labute approximate surface area is 201 Å². The number of ether oxygens (including phenoxy) is 2. The first-order valence-electron chi connectivity index (χ1n) is 11.0. The molecule has 180 valence electrons. The van der Waals surface area contributed by atoms with Gasteiger partial charge in [-0.3, -0.25) is 14.9 Å². The van der Waals surface area contributed by atoms with Crippen LogP contribution in [-0.4, -0.2) is 64.2 Å². The zero-order valence-corrected chi connectivity index (χ0v) is 20.0. The highest BCUT2D eigenvalue weighted by Crippen LogP contribution is 2.45. The standard InChI is InChI=1S/C23H26N4O6S/c1-14(2)33-22(29)20-15(3)24-23-26(21(20)16-4-6-17(7-5-16)27(30)31)18(13-34-23)12-19(28)25-8-10-32-11-9-25/h4-7,13-14,21H,8-12H2,1-3H3/t21-/m0/s1. The first-order chi connectivity index (χ1) is 16.3. The van der Waals surface area contributed by atoms with Crippen molar-refractivity contribution in [2.75, 3.05) is 26.3 Å². The monoisotopic (exact) mass is 486 g/mol. The van der Waals surface area contributed by atoms with Crippen LogP contribution in [-0.2, 0) is 19.1 Å². The van der Waals surface area contributed by atoms with Gasteiger partial charge in [-0.05, 0) is 43.9 Å². The number of fused-ring (bicyclic) bond motifs is 1.